The molecule has 0 radical (unpaired) electrons. The standard InChI is InChI=1S/C3H12N4/c4-1-2-7(6)3-5/h1-6H2. The summed E-state index contributed by atoms with van der Waals surface area (Å²) in [5.41, 5.74) is 10.2. The summed E-state index contributed by atoms with van der Waals surface area (Å²) in [6, 6.07) is 0. The van der Waals surface area contributed by atoms with Crippen LogP contribution in [0.15, 0.2) is 0 Å². The maximum absolute atomic E-state index is 5.21. The minimum absolute atomic E-state index is 0.372. The first kappa shape index (κ1) is 6.84. The predicted octanol–water partition coefficient (Wildman–Crippen LogP) is -1.96. The van der Waals surface area contributed by atoms with Gasteiger partial charge in [-0.25, -0.2) is 5.01 Å². The van der Waals surface area contributed by atoms with Gasteiger partial charge in [-0.2, -0.15) is 0 Å². The molecule has 0 aromatic carbocycles. The highest BCUT2D eigenvalue weighted by molar-refractivity contribution is 4.40. The van der Waals surface area contributed by atoms with Crippen LogP contribution in [0.1, 0.15) is 0 Å². The molecule has 4 nitrogen and oxygen atoms in total. The van der Waals surface area contributed by atoms with Crippen molar-refractivity contribution >= 4 is 0 Å². The van der Waals surface area contributed by atoms with Crippen LogP contribution in [0, 0.1) is 0 Å². The first-order chi connectivity index (χ1) is 3.31. The van der Waals surface area contributed by atoms with Gasteiger partial charge in [-0.3, -0.25) is 5.84 Å². The monoisotopic (exact) mass is 104 g/mol. The summed E-state index contributed by atoms with van der Waals surface area (Å²) in [5, 5.41) is 1.46. The first-order valence-electron chi connectivity index (χ1n) is 2.21. The summed E-state index contributed by atoms with van der Waals surface area (Å²) in [4.78, 5) is 0. The second-order valence-electron chi connectivity index (χ2n) is 1.28. The summed E-state index contributed by atoms with van der Waals surface area (Å²) < 4.78 is 0. The third kappa shape index (κ3) is 3.68. The minimum Gasteiger partial charge on any atom is -0.329 e. The summed E-state index contributed by atoms with van der Waals surface area (Å²) >= 11 is 0. The van der Waals surface area contributed by atoms with E-state index in [1.54, 1.807) is 0 Å². The van der Waals surface area contributed by atoms with Crippen LogP contribution < -0.4 is 17.3 Å². The average Bonchev–Trinajstić information content (AvgIpc) is 1.68. The molecule has 7 heavy (non-hydrogen) atoms. The molecule has 0 fully saturated rings. The van der Waals surface area contributed by atoms with Crippen molar-refractivity contribution in [3.8, 4) is 0 Å². The van der Waals surface area contributed by atoms with Crippen molar-refractivity contribution in [2.24, 2.45) is 17.3 Å². The Morgan fingerprint density at radius 2 is 1.86 bits per heavy atom. The average molecular weight is 104 g/mol. The van der Waals surface area contributed by atoms with Crippen molar-refractivity contribution in [1.82, 2.24) is 5.01 Å². The van der Waals surface area contributed by atoms with Gasteiger partial charge in [0.1, 0.15) is 0 Å². The molecule has 0 rings (SSSR count). The van der Waals surface area contributed by atoms with Gasteiger partial charge in [-0.1, -0.05) is 0 Å². The Balaban J connectivity index is 2.83. The molecule has 0 heterocycles. The fourth-order valence-electron chi connectivity index (χ4n) is 0.257. The number of hydrazine groups is 1. The normalized spacial score (nSPS) is 10.3. The fourth-order valence-corrected chi connectivity index (χ4v) is 0.257. The molecular weight excluding hydrogens is 92.1 g/mol. The Labute approximate surface area is 43.2 Å². The zero-order valence-corrected chi connectivity index (χ0v) is 4.30. The molecule has 0 aliphatic rings. The smallest absolute Gasteiger partial charge is 0.0593 e. The third-order valence-corrected chi connectivity index (χ3v) is 0.651. The molecule has 0 aliphatic carbocycles. The van der Waals surface area contributed by atoms with Gasteiger partial charge in [-0.05, 0) is 0 Å². The number of nitrogens with two attached hydrogens (primary N) is 3. The SMILES string of the molecule is NCCN(N)CN. The summed E-state index contributed by atoms with van der Waals surface area (Å²) in [7, 11) is 0. The van der Waals surface area contributed by atoms with Crippen LogP contribution in [0.3, 0.4) is 0 Å². The van der Waals surface area contributed by atoms with Gasteiger partial charge in [0.25, 0.3) is 0 Å². The molecule has 44 valence electrons. The Hall–Kier alpha value is -0.160. The van der Waals surface area contributed by atoms with Gasteiger partial charge in [0.05, 0.1) is 6.67 Å². The molecule has 0 atom stereocenters. The van der Waals surface area contributed by atoms with Crippen LogP contribution in [-0.2, 0) is 0 Å². The third-order valence-electron chi connectivity index (χ3n) is 0.651. The zero-order valence-electron chi connectivity index (χ0n) is 4.30. The van der Waals surface area contributed by atoms with E-state index in [9.17, 15) is 0 Å². The first-order valence-corrected chi connectivity index (χ1v) is 2.21. The van der Waals surface area contributed by atoms with E-state index >= 15 is 0 Å². The van der Waals surface area contributed by atoms with Crippen LogP contribution in [0.2, 0.25) is 0 Å². The van der Waals surface area contributed by atoms with E-state index in [1.165, 1.54) is 5.01 Å². The Kier molecular flexibility index (Phi) is 3.92. The van der Waals surface area contributed by atoms with E-state index < -0.39 is 0 Å². The fraction of sp³-hybridized carbons (Fsp3) is 1.00. The van der Waals surface area contributed by atoms with Gasteiger partial charge in [-0.15, -0.1) is 0 Å². The van der Waals surface area contributed by atoms with Crippen molar-refractivity contribution in [3.05, 3.63) is 0 Å². The largest absolute Gasteiger partial charge is 0.329 e. The van der Waals surface area contributed by atoms with Crippen LogP contribution in [0.25, 0.3) is 0 Å². The molecular formula is C3H12N4. The predicted molar refractivity (Wildman–Crippen MR) is 29.0 cm³/mol. The van der Waals surface area contributed by atoms with Crippen molar-refractivity contribution in [2.75, 3.05) is 19.8 Å². The van der Waals surface area contributed by atoms with Gasteiger partial charge >= 0.3 is 0 Å². The van der Waals surface area contributed by atoms with E-state index in [2.05, 4.69) is 0 Å². The molecule has 0 spiro atoms. The Morgan fingerprint density at radius 1 is 1.29 bits per heavy atom. The van der Waals surface area contributed by atoms with E-state index in [-0.39, 0.29) is 0 Å². The van der Waals surface area contributed by atoms with Crippen molar-refractivity contribution in [1.29, 1.82) is 0 Å². The lowest BCUT2D eigenvalue weighted by molar-refractivity contribution is 0.300. The van der Waals surface area contributed by atoms with E-state index in [0.717, 1.165) is 0 Å². The number of nitrogens with zero attached hydrogens (tertiary/aromatic N) is 1. The summed E-state index contributed by atoms with van der Waals surface area (Å²) in [6.07, 6.45) is 0. The van der Waals surface area contributed by atoms with Crippen LogP contribution >= 0.6 is 0 Å². The molecule has 0 unspecified atom stereocenters. The lowest BCUT2D eigenvalue weighted by atomic mass is 10.6. The zero-order chi connectivity index (χ0) is 5.70. The minimum atomic E-state index is 0.372. The number of hydrogen-bond acceptors (Lipinski definition) is 4. The highest BCUT2D eigenvalue weighted by atomic mass is 15.4. The molecule has 0 aromatic rings. The molecule has 6 N–H and O–H groups in total. The van der Waals surface area contributed by atoms with E-state index in [0.29, 0.717) is 19.8 Å². The molecule has 0 saturated carbocycles. The maximum Gasteiger partial charge on any atom is 0.0593 e. The molecule has 0 amide bonds. The Bertz CT molecular complexity index is 37.9. The summed E-state index contributed by atoms with van der Waals surface area (Å²) in [5.74, 6) is 5.21. The lowest BCUT2D eigenvalue weighted by Crippen LogP contribution is -2.39. The topological polar surface area (TPSA) is 81.3 Å². The molecule has 4 heteroatoms. The van der Waals surface area contributed by atoms with Gasteiger partial charge in [0.15, 0.2) is 0 Å². The van der Waals surface area contributed by atoms with Gasteiger partial charge in [0.2, 0.25) is 0 Å². The highest BCUT2D eigenvalue weighted by Crippen LogP contribution is 1.63. The van der Waals surface area contributed by atoms with Gasteiger partial charge < -0.3 is 11.5 Å². The molecule has 0 aliphatic heterocycles. The van der Waals surface area contributed by atoms with E-state index in [1.807, 2.05) is 0 Å². The number of hydrogen-bond donors (Lipinski definition) is 3. The quantitative estimate of drug-likeness (QED) is 0.220. The van der Waals surface area contributed by atoms with Crippen LogP contribution in [0.5, 0.6) is 0 Å². The lowest BCUT2D eigenvalue weighted by Gasteiger charge is -2.09. The van der Waals surface area contributed by atoms with Crippen molar-refractivity contribution < 1.29 is 0 Å². The molecule has 0 aromatic heterocycles. The molecule has 0 bridgehead atoms. The highest BCUT2D eigenvalue weighted by Gasteiger charge is 1.87. The summed E-state index contributed by atoms with van der Waals surface area (Å²) in [6.45, 7) is 1.60. The second-order valence-corrected chi connectivity index (χ2v) is 1.28. The van der Waals surface area contributed by atoms with Crippen LogP contribution in [0.4, 0.5) is 0 Å². The van der Waals surface area contributed by atoms with Crippen LogP contribution in [-0.4, -0.2) is 24.8 Å². The number of rotatable bonds is 3. The van der Waals surface area contributed by atoms with Crippen molar-refractivity contribution in [2.45, 2.75) is 0 Å². The van der Waals surface area contributed by atoms with E-state index in [4.69, 9.17) is 17.3 Å². The second kappa shape index (κ2) is 4.01. The molecule has 0 saturated heterocycles. The van der Waals surface area contributed by atoms with Gasteiger partial charge in [0, 0.05) is 13.1 Å². The Morgan fingerprint density at radius 3 is 2.00 bits per heavy atom. The maximum atomic E-state index is 5.21. The van der Waals surface area contributed by atoms with Crippen molar-refractivity contribution in [3.63, 3.8) is 0 Å².